The molecule has 0 aliphatic heterocycles. The number of Topliss-reactive ketones (excluding diaryl/α,β-unsaturated/α-hetero) is 1. The number of hydrogen-bond acceptors (Lipinski definition) is 3. The molecule has 1 spiro atoms. The zero-order chi connectivity index (χ0) is 26.8. The summed E-state index contributed by atoms with van der Waals surface area (Å²) >= 11 is 0. The van der Waals surface area contributed by atoms with Crippen LogP contribution in [0.5, 0.6) is 0 Å². The van der Waals surface area contributed by atoms with E-state index in [0.717, 1.165) is 19.8 Å². The molecule has 1 fully saturated rings. The van der Waals surface area contributed by atoms with Crippen LogP contribution in [-0.2, 0) is 11.2 Å². The van der Waals surface area contributed by atoms with E-state index in [2.05, 4.69) is 5.32 Å². The quantitative estimate of drug-likeness (QED) is 0.211. The number of nitrogens with one attached hydrogen (secondary N) is 1. The lowest BCUT2D eigenvalue weighted by molar-refractivity contribution is -0.151. The summed E-state index contributed by atoms with van der Waals surface area (Å²) in [5.41, 5.74) is -1.23. The number of alkyl halides is 3. The van der Waals surface area contributed by atoms with Gasteiger partial charge in [-0.1, -0.05) is 42.0 Å². The average molecular weight is 522 g/mol. The molecule has 2 aromatic carbocycles. The Morgan fingerprint density at radius 1 is 1.19 bits per heavy atom. The molecule has 2 aliphatic carbocycles. The van der Waals surface area contributed by atoms with Crippen LogP contribution < -0.4 is 5.32 Å². The number of halogens is 5. The minimum absolute atomic E-state index is 0.106. The van der Waals surface area contributed by atoms with Gasteiger partial charge in [0.2, 0.25) is 0 Å². The molecular formula is C29H32F5NO2. The lowest BCUT2D eigenvalue weighted by Gasteiger charge is -2.39. The fourth-order valence-corrected chi connectivity index (χ4v) is 5.49. The average Bonchev–Trinajstić information content (AvgIpc) is 3.61. The molecule has 2 N–H and O–H groups in total. The van der Waals surface area contributed by atoms with Gasteiger partial charge >= 0.3 is 0 Å². The second kappa shape index (κ2) is 11.0. The van der Waals surface area contributed by atoms with Crippen LogP contribution in [0.25, 0.3) is 11.1 Å². The molecule has 0 amide bonds. The van der Waals surface area contributed by atoms with Crippen molar-refractivity contribution in [3.63, 3.8) is 0 Å². The van der Waals surface area contributed by atoms with Crippen molar-refractivity contribution in [2.45, 2.75) is 63.5 Å². The summed E-state index contributed by atoms with van der Waals surface area (Å²) in [7, 11) is 0. The highest BCUT2D eigenvalue weighted by molar-refractivity contribution is 5.89. The highest BCUT2D eigenvalue weighted by Gasteiger charge is 2.54. The number of carbonyl (C=O) groups is 1. The van der Waals surface area contributed by atoms with Crippen LogP contribution in [0.15, 0.2) is 54.1 Å². The summed E-state index contributed by atoms with van der Waals surface area (Å²) < 4.78 is 68.7. The molecule has 2 aromatic rings. The first-order chi connectivity index (χ1) is 17.6. The van der Waals surface area contributed by atoms with E-state index in [1.54, 1.807) is 24.3 Å². The normalized spacial score (nSPS) is 22.1. The van der Waals surface area contributed by atoms with Crippen molar-refractivity contribution in [3.8, 4) is 11.1 Å². The van der Waals surface area contributed by atoms with E-state index in [9.17, 15) is 27.5 Å². The van der Waals surface area contributed by atoms with Crippen LogP contribution >= 0.6 is 0 Å². The van der Waals surface area contributed by atoms with Gasteiger partial charge in [0, 0.05) is 18.0 Å². The van der Waals surface area contributed by atoms with E-state index in [4.69, 9.17) is 0 Å². The summed E-state index contributed by atoms with van der Waals surface area (Å²) in [5.74, 6) is -2.18. The third kappa shape index (κ3) is 5.96. The van der Waals surface area contributed by atoms with E-state index >= 15 is 4.39 Å². The number of rotatable bonds is 11. The Kier molecular flexibility index (Phi) is 8.19. The highest BCUT2D eigenvalue weighted by atomic mass is 19.3. The Balaban J connectivity index is 1.65. The van der Waals surface area contributed by atoms with Gasteiger partial charge in [-0.3, -0.25) is 9.18 Å². The van der Waals surface area contributed by atoms with Crippen LogP contribution in [0, 0.1) is 23.0 Å². The zero-order valence-corrected chi connectivity index (χ0v) is 20.8. The molecule has 3 atom stereocenters. The molecule has 0 aromatic heterocycles. The monoisotopic (exact) mass is 521 g/mol. The fourth-order valence-electron chi connectivity index (χ4n) is 5.49. The van der Waals surface area contributed by atoms with Crippen LogP contribution in [0.1, 0.15) is 44.6 Å². The predicted octanol–water partition coefficient (Wildman–Crippen LogP) is 6.19. The van der Waals surface area contributed by atoms with Gasteiger partial charge in [-0.2, -0.15) is 0 Å². The molecule has 0 unspecified atom stereocenters. The minimum atomic E-state index is -3.20. The van der Waals surface area contributed by atoms with Gasteiger partial charge in [-0.05, 0) is 80.2 Å². The largest absolute Gasteiger partial charge is 0.377 e. The lowest BCUT2D eigenvalue weighted by Crippen LogP contribution is -2.47. The Hall–Kier alpha value is -2.58. The van der Waals surface area contributed by atoms with E-state index in [1.165, 1.54) is 18.2 Å². The molecular weight excluding hydrogens is 489 g/mol. The number of hydrogen-bond donors (Lipinski definition) is 2. The molecule has 0 saturated heterocycles. The molecule has 3 nitrogen and oxygen atoms in total. The Bertz CT molecular complexity index is 1160. The second-order valence-electron chi connectivity index (χ2n) is 10.5. The highest BCUT2D eigenvalue weighted by Crippen LogP contribution is 2.58. The SMILES string of the molecule is C[C@](O)(C(=O)CC1=C[C@@H](Cc2cccc(-c3cccc(F)c3)c2F)[C@@H](NCCCF)C2(CC2)C1)C(F)F. The second-order valence-corrected chi connectivity index (χ2v) is 10.5. The first-order valence-electron chi connectivity index (χ1n) is 12.6. The summed E-state index contributed by atoms with van der Waals surface area (Å²) in [6.45, 7) is 0.787. The van der Waals surface area contributed by atoms with Gasteiger partial charge in [0.1, 0.15) is 11.6 Å². The van der Waals surface area contributed by atoms with Crippen molar-refractivity contribution < 1.29 is 31.9 Å². The minimum Gasteiger partial charge on any atom is -0.377 e. The number of carbonyl (C=O) groups excluding carboxylic acids is 1. The van der Waals surface area contributed by atoms with E-state index in [0.29, 0.717) is 36.1 Å². The van der Waals surface area contributed by atoms with Gasteiger partial charge in [0.25, 0.3) is 6.43 Å². The number of benzene rings is 2. The van der Waals surface area contributed by atoms with Gasteiger partial charge in [-0.15, -0.1) is 0 Å². The van der Waals surface area contributed by atoms with Crippen molar-refractivity contribution in [2.75, 3.05) is 13.2 Å². The van der Waals surface area contributed by atoms with Crippen molar-refractivity contribution in [2.24, 2.45) is 11.3 Å². The maximum Gasteiger partial charge on any atom is 0.273 e. The van der Waals surface area contributed by atoms with Gasteiger partial charge < -0.3 is 10.4 Å². The molecule has 8 heteroatoms. The Labute approximate surface area is 213 Å². The number of aliphatic hydroxyl groups is 1. The zero-order valence-electron chi connectivity index (χ0n) is 20.8. The van der Waals surface area contributed by atoms with Gasteiger partial charge in [-0.25, -0.2) is 17.6 Å². The topological polar surface area (TPSA) is 49.3 Å². The number of ketones is 1. The predicted molar refractivity (Wildman–Crippen MR) is 132 cm³/mol. The molecule has 0 bridgehead atoms. The summed E-state index contributed by atoms with van der Waals surface area (Å²) in [5, 5.41) is 13.4. The third-order valence-electron chi connectivity index (χ3n) is 7.73. The van der Waals surface area contributed by atoms with Gasteiger partial charge in [0.15, 0.2) is 11.4 Å². The van der Waals surface area contributed by atoms with Crippen LogP contribution in [0.2, 0.25) is 0 Å². The first kappa shape index (κ1) is 27.5. The van der Waals surface area contributed by atoms with Crippen molar-refractivity contribution in [3.05, 3.63) is 71.3 Å². The molecule has 200 valence electrons. The standard InChI is InChI=1S/C29H32F5NO2/c1-28(37,27(33)34)24(36)14-18-13-21(26(35-12-4-11-30)29(17-18)9-10-29)15-20-6-3-8-23(25(20)32)19-5-2-7-22(31)16-19/h2-3,5-8,13,16,21,26-27,35,37H,4,9-12,14-15,17H2,1H3/t21-,26+,28-/m0/s1. The summed E-state index contributed by atoms with van der Waals surface area (Å²) in [4.78, 5) is 12.5. The summed E-state index contributed by atoms with van der Waals surface area (Å²) in [6.07, 6.45) is 1.11. The molecule has 1 saturated carbocycles. The van der Waals surface area contributed by atoms with Crippen molar-refractivity contribution in [1.82, 2.24) is 5.32 Å². The molecule has 0 heterocycles. The lowest BCUT2D eigenvalue weighted by atomic mass is 9.71. The summed E-state index contributed by atoms with van der Waals surface area (Å²) in [6, 6.07) is 10.5. The first-order valence-corrected chi connectivity index (χ1v) is 12.6. The van der Waals surface area contributed by atoms with Gasteiger partial charge in [0.05, 0.1) is 6.67 Å². The molecule has 37 heavy (non-hydrogen) atoms. The number of allylic oxidation sites excluding steroid dienone is 1. The third-order valence-corrected chi connectivity index (χ3v) is 7.73. The van der Waals surface area contributed by atoms with Crippen molar-refractivity contribution >= 4 is 5.78 Å². The molecule has 4 rings (SSSR count). The van der Waals surface area contributed by atoms with Crippen molar-refractivity contribution in [1.29, 1.82) is 0 Å². The molecule has 0 radical (unpaired) electrons. The Morgan fingerprint density at radius 3 is 2.57 bits per heavy atom. The van der Waals surface area contributed by atoms with E-state index in [-0.39, 0.29) is 35.8 Å². The van der Waals surface area contributed by atoms with Crippen LogP contribution in [0.3, 0.4) is 0 Å². The maximum atomic E-state index is 15.7. The fraction of sp³-hybridized carbons (Fsp3) is 0.483. The van der Waals surface area contributed by atoms with E-state index in [1.807, 2.05) is 6.08 Å². The smallest absolute Gasteiger partial charge is 0.273 e. The molecule has 2 aliphatic rings. The van der Waals surface area contributed by atoms with Crippen LogP contribution in [-0.4, -0.2) is 42.2 Å². The van der Waals surface area contributed by atoms with E-state index < -0.39 is 36.1 Å². The maximum absolute atomic E-state index is 15.7. The Morgan fingerprint density at radius 2 is 1.92 bits per heavy atom. The van der Waals surface area contributed by atoms with Crippen LogP contribution in [0.4, 0.5) is 22.0 Å².